The quantitative estimate of drug-likeness (QED) is 0.875. The number of aryl methyl sites for hydroxylation is 1. The molecular formula is C15H17NO. The molecule has 2 nitrogen and oxygen atoms in total. The molecule has 0 aliphatic heterocycles. The first-order valence-electron chi connectivity index (χ1n) is 6.29. The van der Waals surface area contributed by atoms with Crippen molar-refractivity contribution < 1.29 is 4.42 Å². The minimum atomic E-state index is 0.686. The molecule has 2 heteroatoms. The Balaban J connectivity index is 2.11. The predicted molar refractivity (Wildman–Crippen MR) is 68.9 cm³/mol. The minimum absolute atomic E-state index is 0.686. The zero-order chi connectivity index (χ0) is 11.7. The third-order valence-electron chi connectivity index (χ3n) is 3.46. The Hall–Kier alpha value is -1.54. The summed E-state index contributed by atoms with van der Waals surface area (Å²) < 4.78 is 6.04. The molecule has 0 saturated carbocycles. The molecule has 1 aliphatic rings. The summed E-state index contributed by atoms with van der Waals surface area (Å²) in [5, 5.41) is 0. The van der Waals surface area contributed by atoms with Crippen LogP contribution in [0.1, 0.15) is 23.3 Å². The molecule has 1 aliphatic carbocycles. The largest absolute Gasteiger partial charge is 0.461 e. The van der Waals surface area contributed by atoms with Crippen LogP contribution in [0.25, 0.3) is 11.3 Å². The highest BCUT2D eigenvalue weighted by molar-refractivity contribution is 5.64. The van der Waals surface area contributed by atoms with Gasteiger partial charge in [-0.05, 0) is 31.4 Å². The topological polar surface area (TPSA) is 39.2 Å². The lowest BCUT2D eigenvalue weighted by molar-refractivity contribution is 0.526. The maximum absolute atomic E-state index is 6.04. The van der Waals surface area contributed by atoms with Gasteiger partial charge in [-0.3, -0.25) is 0 Å². The molecule has 1 aromatic carbocycles. The number of benzene rings is 1. The Morgan fingerprint density at radius 1 is 1.12 bits per heavy atom. The monoisotopic (exact) mass is 227 g/mol. The first-order chi connectivity index (χ1) is 8.40. The summed E-state index contributed by atoms with van der Waals surface area (Å²) in [5.74, 6) is 2.23. The summed E-state index contributed by atoms with van der Waals surface area (Å²) in [6.45, 7) is 0.686. The van der Waals surface area contributed by atoms with Crippen LogP contribution in [0.3, 0.4) is 0 Å². The first kappa shape index (κ1) is 10.6. The number of hydrogen-bond donors (Lipinski definition) is 1. The van der Waals surface area contributed by atoms with Crippen LogP contribution in [0.5, 0.6) is 0 Å². The summed E-state index contributed by atoms with van der Waals surface area (Å²) in [5.41, 5.74) is 9.66. The second-order valence-corrected chi connectivity index (χ2v) is 4.57. The lowest BCUT2D eigenvalue weighted by Crippen LogP contribution is -2.04. The molecule has 17 heavy (non-hydrogen) atoms. The number of rotatable bonds is 3. The van der Waals surface area contributed by atoms with Crippen LogP contribution in [0.15, 0.2) is 34.7 Å². The van der Waals surface area contributed by atoms with Gasteiger partial charge in [0.25, 0.3) is 0 Å². The van der Waals surface area contributed by atoms with Gasteiger partial charge in [0.2, 0.25) is 0 Å². The van der Waals surface area contributed by atoms with Gasteiger partial charge in [0.1, 0.15) is 11.5 Å². The third kappa shape index (κ3) is 1.79. The molecule has 0 saturated heterocycles. The molecule has 0 amide bonds. The summed E-state index contributed by atoms with van der Waals surface area (Å²) in [6, 6.07) is 10.3. The standard InChI is InChI=1S/C15H17NO/c16-10-9-13-12-7-4-8-14(12)17-15(13)11-5-2-1-3-6-11/h1-3,5-6H,4,7-10,16H2. The van der Waals surface area contributed by atoms with Crippen molar-refractivity contribution in [1.82, 2.24) is 0 Å². The molecule has 2 N–H and O–H groups in total. The Labute approximate surface area is 101 Å². The normalized spacial score (nSPS) is 13.9. The average molecular weight is 227 g/mol. The van der Waals surface area contributed by atoms with E-state index in [1.54, 1.807) is 0 Å². The molecule has 0 spiro atoms. The van der Waals surface area contributed by atoms with E-state index >= 15 is 0 Å². The average Bonchev–Trinajstić information content (AvgIpc) is 2.93. The Morgan fingerprint density at radius 3 is 2.71 bits per heavy atom. The van der Waals surface area contributed by atoms with Crippen molar-refractivity contribution in [2.75, 3.05) is 6.54 Å². The van der Waals surface area contributed by atoms with Crippen molar-refractivity contribution in [1.29, 1.82) is 0 Å². The number of hydrogen-bond acceptors (Lipinski definition) is 2. The van der Waals surface area contributed by atoms with Gasteiger partial charge in [-0.15, -0.1) is 0 Å². The van der Waals surface area contributed by atoms with Crippen molar-refractivity contribution >= 4 is 0 Å². The van der Waals surface area contributed by atoms with E-state index in [9.17, 15) is 0 Å². The van der Waals surface area contributed by atoms with Crippen molar-refractivity contribution in [3.63, 3.8) is 0 Å². The van der Waals surface area contributed by atoms with E-state index < -0.39 is 0 Å². The zero-order valence-corrected chi connectivity index (χ0v) is 9.91. The summed E-state index contributed by atoms with van der Waals surface area (Å²) >= 11 is 0. The Morgan fingerprint density at radius 2 is 1.94 bits per heavy atom. The van der Waals surface area contributed by atoms with Crippen LogP contribution >= 0.6 is 0 Å². The van der Waals surface area contributed by atoms with E-state index in [0.29, 0.717) is 6.54 Å². The second kappa shape index (κ2) is 4.38. The number of furan rings is 1. The third-order valence-corrected chi connectivity index (χ3v) is 3.46. The van der Waals surface area contributed by atoms with Crippen LogP contribution < -0.4 is 5.73 Å². The predicted octanol–water partition coefficient (Wildman–Crippen LogP) is 2.94. The molecule has 88 valence electrons. The fourth-order valence-electron chi connectivity index (χ4n) is 2.70. The first-order valence-corrected chi connectivity index (χ1v) is 6.29. The highest BCUT2D eigenvalue weighted by atomic mass is 16.3. The van der Waals surface area contributed by atoms with E-state index in [2.05, 4.69) is 24.3 Å². The van der Waals surface area contributed by atoms with Crippen molar-refractivity contribution in [3.8, 4) is 11.3 Å². The van der Waals surface area contributed by atoms with Gasteiger partial charge in [0.05, 0.1) is 0 Å². The van der Waals surface area contributed by atoms with Crippen LogP contribution in [0, 0.1) is 0 Å². The molecule has 3 rings (SSSR count). The molecule has 1 aromatic heterocycles. The molecule has 2 aromatic rings. The minimum Gasteiger partial charge on any atom is -0.461 e. The summed E-state index contributed by atoms with van der Waals surface area (Å²) in [6.07, 6.45) is 4.38. The molecule has 0 bridgehead atoms. The fraction of sp³-hybridized carbons (Fsp3) is 0.333. The smallest absolute Gasteiger partial charge is 0.137 e. The van der Waals surface area contributed by atoms with Crippen molar-refractivity contribution in [3.05, 3.63) is 47.2 Å². The van der Waals surface area contributed by atoms with Gasteiger partial charge < -0.3 is 10.2 Å². The molecular weight excluding hydrogens is 210 g/mol. The summed E-state index contributed by atoms with van der Waals surface area (Å²) in [4.78, 5) is 0. The van der Waals surface area contributed by atoms with Gasteiger partial charge in [-0.25, -0.2) is 0 Å². The van der Waals surface area contributed by atoms with Crippen LogP contribution in [-0.2, 0) is 19.3 Å². The van der Waals surface area contributed by atoms with Crippen LogP contribution in [0.2, 0.25) is 0 Å². The van der Waals surface area contributed by atoms with E-state index in [1.165, 1.54) is 28.9 Å². The van der Waals surface area contributed by atoms with Crippen LogP contribution in [0.4, 0.5) is 0 Å². The van der Waals surface area contributed by atoms with E-state index in [0.717, 1.165) is 25.0 Å². The second-order valence-electron chi connectivity index (χ2n) is 4.57. The highest BCUT2D eigenvalue weighted by Gasteiger charge is 2.23. The Kier molecular flexibility index (Phi) is 2.73. The van der Waals surface area contributed by atoms with E-state index in [-0.39, 0.29) is 0 Å². The zero-order valence-electron chi connectivity index (χ0n) is 9.91. The molecule has 0 radical (unpaired) electrons. The molecule has 0 fully saturated rings. The van der Waals surface area contributed by atoms with Crippen molar-refractivity contribution in [2.45, 2.75) is 25.7 Å². The SMILES string of the molecule is NCCc1c(-c2ccccc2)oc2c1CCC2. The van der Waals surface area contributed by atoms with Gasteiger partial charge in [-0.1, -0.05) is 30.3 Å². The Bertz CT molecular complexity index is 513. The molecule has 0 atom stereocenters. The van der Waals surface area contributed by atoms with Gasteiger partial charge >= 0.3 is 0 Å². The van der Waals surface area contributed by atoms with Gasteiger partial charge in [-0.2, -0.15) is 0 Å². The van der Waals surface area contributed by atoms with Gasteiger partial charge in [0, 0.05) is 17.5 Å². The number of nitrogens with two attached hydrogens (primary N) is 1. The van der Waals surface area contributed by atoms with Crippen LogP contribution in [-0.4, -0.2) is 6.54 Å². The van der Waals surface area contributed by atoms with E-state index in [1.807, 2.05) is 6.07 Å². The maximum atomic E-state index is 6.04. The summed E-state index contributed by atoms with van der Waals surface area (Å²) in [7, 11) is 0. The van der Waals surface area contributed by atoms with Gasteiger partial charge in [0.15, 0.2) is 0 Å². The molecule has 1 heterocycles. The van der Waals surface area contributed by atoms with E-state index in [4.69, 9.17) is 10.2 Å². The lowest BCUT2D eigenvalue weighted by atomic mass is 10.0. The fourth-order valence-corrected chi connectivity index (χ4v) is 2.70. The van der Waals surface area contributed by atoms with Crippen molar-refractivity contribution in [2.24, 2.45) is 5.73 Å². The maximum Gasteiger partial charge on any atom is 0.137 e. The number of fused-ring (bicyclic) bond motifs is 1. The lowest BCUT2D eigenvalue weighted by Gasteiger charge is -2.03. The molecule has 0 unspecified atom stereocenters. The highest BCUT2D eigenvalue weighted by Crippen LogP contribution is 2.36.